The molecule has 0 rings (SSSR count). The maximum absolute atomic E-state index is 4.80. The van der Waals surface area contributed by atoms with E-state index >= 15 is 0 Å². The smallest absolute Gasteiger partial charge is 0.741 e. The molecule has 0 atom stereocenters. The number of methoxy groups -OCH3 is 1. The molecule has 90 valence electrons. The van der Waals surface area contributed by atoms with Crippen LogP contribution in [0.15, 0.2) is 20.4 Å². The Hall–Kier alpha value is -0.657. The van der Waals surface area contributed by atoms with Crippen LogP contribution in [0.5, 0.6) is 0 Å². The van der Waals surface area contributed by atoms with E-state index in [1.54, 1.807) is 20.9 Å². The summed E-state index contributed by atoms with van der Waals surface area (Å²) in [7, 11) is 3.10. The van der Waals surface area contributed by atoms with Gasteiger partial charge in [-0.05, 0) is 19.0 Å². The Morgan fingerprint density at radius 2 is 1.47 bits per heavy atom. The number of ether oxygens (including phenoxy) is 1. The zero-order chi connectivity index (χ0) is 12.6. The van der Waals surface area contributed by atoms with Gasteiger partial charge in [-0.1, -0.05) is 0 Å². The minimum Gasteiger partial charge on any atom is -0.741 e. The third kappa shape index (κ3) is 9.08. The topological polar surface area (TPSA) is 70.7 Å². The third-order valence-corrected chi connectivity index (χ3v) is 2.02. The van der Waals surface area contributed by atoms with E-state index in [0.717, 1.165) is 0 Å². The standard InChI is InChI=1S/C8H15N5OS2.Zn/c1-5(10-12-7(15)9-3)6(2)11-13-8(16)14-4;/h1-4H3,(H,13,16)(H2,9,12,15);/q;+2/p-2. The minimum absolute atomic E-state index is 0. The van der Waals surface area contributed by atoms with Crippen molar-refractivity contribution in [3.8, 4) is 0 Å². The van der Waals surface area contributed by atoms with Crippen molar-refractivity contribution in [2.75, 3.05) is 14.2 Å². The third-order valence-electron chi connectivity index (χ3n) is 1.48. The van der Waals surface area contributed by atoms with Crippen molar-refractivity contribution < 1.29 is 24.2 Å². The van der Waals surface area contributed by atoms with Gasteiger partial charge in [-0.25, -0.2) is 0 Å². The first-order valence-electron chi connectivity index (χ1n) is 4.32. The van der Waals surface area contributed by atoms with E-state index in [4.69, 9.17) is 25.3 Å². The molecule has 0 aliphatic rings. The van der Waals surface area contributed by atoms with E-state index in [-0.39, 0.29) is 24.7 Å². The van der Waals surface area contributed by atoms with Gasteiger partial charge in [0.1, 0.15) is 0 Å². The second-order valence-electron chi connectivity index (χ2n) is 2.60. The largest absolute Gasteiger partial charge is 2.00 e. The van der Waals surface area contributed by atoms with Gasteiger partial charge >= 0.3 is 19.5 Å². The zero-order valence-electron chi connectivity index (χ0n) is 10.2. The first-order chi connectivity index (χ1) is 7.51. The summed E-state index contributed by atoms with van der Waals surface area (Å²) < 4.78 is 4.66. The number of rotatable bonds is 3. The molecule has 0 aromatic heterocycles. The Balaban J connectivity index is 0. The van der Waals surface area contributed by atoms with Gasteiger partial charge < -0.3 is 35.3 Å². The predicted octanol–water partition coefficient (Wildman–Crippen LogP) is 0.407. The Labute approximate surface area is 125 Å². The van der Waals surface area contributed by atoms with Crippen LogP contribution in [0.3, 0.4) is 0 Å². The van der Waals surface area contributed by atoms with Gasteiger partial charge in [0.15, 0.2) is 0 Å². The molecule has 0 aromatic carbocycles. The van der Waals surface area contributed by atoms with Crippen molar-refractivity contribution in [3.63, 3.8) is 0 Å². The predicted molar refractivity (Wildman–Crippen MR) is 71.9 cm³/mol. The summed E-state index contributed by atoms with van der Waals surface area (Å²) in [6.45, 7) is 3.48. The molecule has 0 aliphatic carbocycles. The summed E-state index contributed by atoms with van der Waals surface area (Å²) in [5.74, 6) is 0. The van der Waals surface area contributed by atoms with Gasteiger partial charge in [0.05, 0.1) is 23.8 Å². The average molecular weight is 325 g/mol. The van der Waals surface area contributed by atoms with Crippen LogP contribution in [0, 0.1) is 0 Å². The summed E-state index contributed by atoms with van der Waals surface area (Å²) in [4.78, 5) is 0. The fourth-order valence-electron chi connectivity index (χ4n) is 0.472. The van der Waals surface area contributed by atoms with Gasteiger partial charge in [-0.15, -0.1) is 5.10 Å². The van der Waals surface area contributed by atoms with Gasteiger partial charge in [0.2, 0.25) is 0 Å². The molecule has 0 aliphatic heterocycles. The number of hydrogen-bond donors (Lipinski definition) is 1. The molecule has 0 aromatic rings. The van der Waals surface area contributed by atoms with Gasteiger partial charge in [-0.2, -0.15) is 15.3 Å². The van der Waals surface area contributed by atoms with Crippen LogP contribution >= 0.6 is 0 Å². The van der Waals surface area contributed by atoms with E-state index in [1.807, 2.05) is 0 Å². The Kier molecular flexibility index (Phi) is 11.5. The molecule has 0 spiro atoms. The van der Waals surface area contributed by atoms with E-state index < -0.39 is 0 Å². The molecule has 0 saturated carbocycles. The van der Waals surface area contributed by atoms with Crippen molar-refractivity contribution in [2.45, 2.75) is 13.8 Å². The Bertz CT molecular complexity index is 320. The molecule has 9 heteroatoms. The van der Waals surface area contributed by atoms with Crippen molar-refractivity contribution in [3.05, 3.63) is 0 Å². The van der Waals surface area contributed by atoms with Gasteiger partial charge in [-0.3, -0.25) is 0 Å². The second-order valence-corrected chi connectivity index (χ2v) is 3.33. The maximum Gasteiger partial charge on any atom is 2.00 e. The molecular weight excluding hydrogens is 312 g/mol. The fourth-order valence-corrected chi connectivity index (χ4v) is 0.553. The molecule has 0 heterocycles. The van der Waals surface area contributed by atoms with Crippen LogP contribution in [-0.4, -0.2) is 36.0 Å². The van der Waals surface area contributed by atoms with E-state index in [1.165, 1.54) is 7.11 Å². The Morgan fingerprint density at radius 1 is 1.00 bits per heavy atom. The number of amidine groups is 1. The average Bonchev–Trinajstić information content (AvgIpc) is 2.31. The first-order valence-corrected chi connectivity index (χ1v) is 5.13. The van der Waals surface area contributed by atoms with Crippen molar-refractivity contribution in [1.29, 1.82) is 0 Å². The van der Waals surface area contributed by atoms with Crippen LogP contribution in [0.4, 0.5) is 0 Å². The summed E-state index contributed by atoms with van der Waals surface area (Å²) in [5.41, 5.74) is 1.18. The summed E-state index contributed by atoms with van der Waals surface area (Å²) >= 11 is 9.49. The zero-order valence-corrected chi connectivity index (χ0v) is 14.8. The van der Waals surface area contributed by atoms with Crippen LogP contribution in [-0.2, 0) is 49.5 Å². The summed E-state index contributed by atoms with van der Waals surface area (Å²) in [6.07, 6.45) is 0. The normalized spacial score (nSPS) is 14.1. The van der Waals surface area contributed by atoms with Gasteiger partial charge in [0.25, 0.3) is 0 Å². The molecule has 0 unspecified atom stereocenters. The molecule has 1 N–H and O–H groups in total. The van der Waals surface area contributed by atoms with E-state index in [0.29, 0.717) is 16.6 Å². The number of hydrogen-bond acceptors (Lipinski definition) is 7. The monoisotopic (exact) mass is 323 g/mol. The second kappa shape index (κ2) is 10.5. The maximum atomic E-state index is 4.80. The van der Waals surface area contributed by atoms with Crippen molar-refractivity contribution in [1.82, 2.24) is 5.32 Å². The SMILES string of the molecule is CNC([S-])=NN=C(C)C(C)=NN=C([S-])OC.[Zn+2]. The van der Waals surface area contributed by atoms with Crippen LogP contribution in [0.25, 0.3) is 0 Å². The fraction of sp³-hybridized carbons (Fsp3) is 0.500. The van der Waals surface area contributed by atoms with Crippen molar-refractivity contribution >= 4 is 47.1 Å². The van der Waals surface area contributed by atoms with Crippen LogP contribution in [0.1, 0.15) is 13.8 Å². The van der Waals surface area contributed by atoms with Crippen LogP contribution < -0.4 is 5.32 Å². The Morgan fingerprint density at radius 3 is 1.88 bits per heavy atom. The molecule has 0 bridgehead atoms. The first kappa shape index (κ1) is 18.7. The molecule has 0 fully saturated rings. The number of nitrogens with one attached hydrogen (secondary N) is 1. The number of nitrogens with zero attached hydrogens (tertiary/aromatic N) is 4. The summed E-state index contributed by atoms with van der Waals surface area (Å²) in [5, 5.41) is 18.1. The van der Waals surface area contributed by atoms with Gasteiger partial charge in [0, 0.05) is 7.05 Å². The molecule has 0 amide bonds. The van der Waals surface area contributed by atoms with E-state index in [2.05, 4.69) is 30.5 Å². The molecule has 6 nitrogen and oxygen atoms in total. The molecule has 0 saturated heterocycles. The van der Waals surface area contributed by atoms with E-state index in [9.17, 15) is 0 Å². The van der Waals surface area contributed by atoms with Crippen molar-refractivity contribution in [2.24, 2.45) is 20.4 Å². The molecular formula is C8H13N5OS2Zn. The minimum atomic E-state index is 0. The molecule has 17 heavy (non-hydrogen) atoms. The molecule has 0 radical (unpaired) electrons. The summed E-state index contributed by atoms with van der Waals surface area (Å²) in [6, 6.07) is 0. The quantitative estimate of drug-likeness (QED) is 0.268. The van der Waals surface area contributed by atoms with Crippen LogP contribution in [0.2, 0.25) is 0 Å².